The van der Waals surface area contributed by atoms with Crippen molar-refractivity contribution in [2.45, 2.75) is 6.10 Å². The minimum atomic E-state index is -1.45. The fraction of sp³-hybridized carbons (Fsp3) is 0.0909. The molecule has 0 saturated heterocycles. The van der Waals surface area contributed by atoms with Gasteiger partial charge in [0.1, 0.15) is 23.5 Å². The van der Waals surface area contributed by atoms with Gasteiger partial charge in [-0.15, -0.1) is 0 Å². The molecule has 2 aromatic rings. The van der Waals surface area contributed by atoms with Gasteiger partial charge in [-0.3, -0.25) is 0 Å². The van der Waals surface area contributed by atoms with Crippen LogP contribution in [0.15, 0.2) is 39.4 Å². The molecule has 0 spiro atoms. The van der Waals surface area contributed by atoms with Crippen LogP contribution in [0.3, 0.4) is 0 Å². The lowest BCUT2D eigenvalue weighted by Crippen LogP contribution is -2.05. The molecule has 0 bridgehead atoms. The first kappa shape index (κ1) is 11.3. The maximum Gasteiger partial charge on any atom is 0.146 e. The number of halogens is 3. The second-order valence-corrected chi connectivity index (χ2v) is 4.03. The van der Waals surface area contributed by atoms with Crippen LogP contribution in [0, 0.1) is 11.6 Å². The zero-order chi connectivity index (χ0) is 11.7. The Balaban J connectivity index is 2.52. The molecular formula is C11H7BrF2O2. The Morgan fingerprint density at radius 1 is 1.25 bits per heavy atom. The summed E-state index contributed by atoms with van der Waals surface area (Å²) < 4.78 is 32.0. The predicted molar refractivity (Wildman–Crippen MR) is 56.8 cm³/mol. The average molecular weight is 289 g/mol. The van der Waals surface area contributed by atoms with Crippen LogP contribution in [-0.2, 0) is 0 Å². The number of rotatable bonds is 2. The summed E-state index contributed by atoms with van der Waals surface area (Å²) in [4.78, 5) is 0. The smallest absolute Gasteiger partial charge is 0.146 e. The molecule has 0 radical (unpaired) electrons. The summed E-state index contributed by atoms with van der Waals surface area (Å²) in [5.41, 5.74) is -0.427. The Labute approximate surface area is 98.6 Å². The van der Waals surface area contributed by atoms with Crippen molar-refractivity contribution in [1.29, 1.82) is 0 Å². The molecule has 5 heteroatoms. The van der Waals surface area contributed by atoms with Gasteiger partial charge in [-0.05, 0) is 40.2 Å². The van der Waals surface area contributed by atoms with E-state index in [4.69, 9.17) is 4.42 Å². The van der Waals surface area contributed by atoms with Crippen molar-refractivity contribution in [3.63, 3.8) is 0 Å². The van der Waals surface area contributed by atoms with Gasteiger partial charge in [-0.25, -0.2) is 8.78 Å². The van der Waals surface area contributed by atoms with Crippen molar-refractivity contribution in [1.82, 2.24) is 0 Å². The molecule has 0 fully saturated rings. The number of hydrogen-bond donors (Lipinski definition) is 1. The summed E-state index contributed by atoms with van der Waals surface area (Å²) in [6.07, 6.45) is -0.126. The fourth-order valence-corrected chi connectivity index (χ4v) is 1.73. The van der Waals surface area contributed by atoms with Crippen LogP contribution in [0.25, 0.3) is 0 Å². The van der Waals surface area contributed by atoms with E-state index in [2.05, 4.69) is 15.9 Å². The van der Waals surface area contributed by atoms with Crippen LogP contribution in [0.4, 0.5) is 8.78 Å². The third-order valence-electron chi connectivity index (χ3n) is 2.17. The van der Waals surface area contributed by atoms with Gasteiger partial charge < -0.3 is 9.52 Å². The molecule has 0 aliphatic rings. The third kappa shape index (κ3) is 1.88. The molecule has 1 aromatic carbocycles. The molecule has 1 atom stereocenters. The van der Waals surface area contributed by atoms with Crippen LogP contribution in [0.2, 0.25) is 0 Å². The lowest BCUT2D eigenvalue weighted by atomic mass is 10.1. The maximum atomic E-state index is 13.6. The van der Waals surface area contributed by atoms with Gasteiger partial charge in [0, 0.05) is 0 Å². The Bertz CT molecular complexity index is 497. The highest BCUT2D eigenvalue weighted by Gasteiger charge is 2.23. The molecule has 1 aromatic heterocycles. The SMILES string of the molecule is OC(c1ccco1)c1c(F)ccc(Br)c1F. The number of furan rings is 1. The summed E-state index contributed by atoms with van der Waals surface area (Å²) in [6.45, 7) is 0. The van der Waals surface area contributed by atoms with Crippen LogP contribution in [0.1, 0.15) is 17.4 Å². The lowest BCUT2D eigenvalue weighted by molar-refractivity contribution is 0.179. The first-order valence-corrected chi connectivity index (χ1v) is 5.25. The predicted octanol–water partition coefficient (Wildman–Crippen LogP) is 3.40. The molecule has 1 heterocycles. The molecule has 16 heavy (non-hydrogen) atoms. The van der Waals surface area contributed by atoms with Gasteiger partial charge in [-0.2, -0.15) is 0 Å². The zero-order valence-corrected chi connectivity index (χ0v) is 9.54. The van der Waals surface area contributed by atoms with E-state index < -0.39 is 23.3 Å². The molecule has 0 aliphatic carbocycles. The van der Waals surface area contributed by atoms with E-state index in [9.17, 15) is 13.9 Å². The first-order valence-electron chi connectivity index (χ1n) is 4.46. The quantitative estimate of drug-likeness (QED) is 0.860. The van der Waals surface area contributed by atoms with Crippen LogP contribution >= 0.6 is 15.9 Å². The van der Waals surface area contributed by atoms with Crippen LogP contribution in [0.5, 0.6) is 0 Å². The van der Waals surface area contributed by atoms with E-state index in [1.54, 1.807) is 0 Å². The second-order valence-electron chi connectivity index (χ2n) is 3.17. The topological polar surface area (TPSA) is 33.4 Å². The summed E-state index contributed by atoms with van der Waals surface area (Å²) >= 11 is 2.93. The lowest BCUT2D eigenvalue weighted by Gasteiger charge is -2.11. The van der Waals surface area contributed by atoms with Crippen molar-refractivity contribution < 1.29 is 18.3 Å². The molecule has 1 unspecified atom stereocenters. The van der Waals surface area contributed by atoms with E-state index in [0.29, 0.717) is 0 Å². The van der Waals surface area contributed by atoms with E-state index in [1.807, 2.05) is 0 Å². The Morgan fingerprint density at radius 2 is 2.00 bits per heavy atom. The van der Waals surface area contributed by atoms with E-state index in [0.717, 1.165) is 6.07 Å². The van der Waals surface area contributed by atoms with Crippen molar-refractivity contribution in [2.24, 2.45) is 0 Å². The normalized spacial score (nSPS) is 12.8. The molecular weight excluding hydrogens is 282 g/mol. The fourth-order valence-electron chi connectivity index (χ4n) is 1.38. The summed E-state index contributed by atoms with van der Waals surface area (Å²) in [5, 5.41) is 9.77. The third-order valence-corrected chi connectivity index (χ3v) is 2.78. The van der Waals surface area contributed by atoms with Gasteiger partial charge >= 0.3 is 0 Å². The Kier molecular flexibility index (Phi) is 3.07. The Hall–Kier alpha value is -1.20. The Morgan fingerprint density at radius 3 is 2.62 bits per heavy atom. The highest BCUT2D eigenvalue weighted by atomic mass is 79.9. The monoisotopic (exact) mass is 288 g/mol. The molecule has 1 N–H and O–H groups in total. The van der Waals surface area contributed by atoms with Crippen LogP contribution in [-0.4, -0.2) is 5.11 Å². The number of aliphatic hydroxyl groups is 1. The van der Waals surface area contributed by atoms with Crippen molar-refractivity contribution in [3.8, 4) is 0 Å². The van der Waals surface area contributed by atoms with Crippen molar-refractivity contribution >= 4 is 15.9 Å². The molecule has 84 valence electrons. The van der Waals surface area contributed by atoms with E-state index >= 15 is 0 Å². The minimum Gasteiger partial charge on any atom is -0.466 e. The maximum absolute atomic E-state index is 13.6. The van der Waals surface area contributed by atoms with Gasteiger partial charge in [0.2, 0.25) is 0 Å². The highest BCUT2D eigenvalue weighted by Crippen LogP contribution is 2.30. The highest BCUT2D eigenvalue weighted by molar-refractivity contribution is 9.10. The van der Waals surface area contributed by atoms with Gasteiger partial charge in [-0.1, -0.05) is 0 Å². The first-order chi connectivity index (χ1) is 7.61. The molecule has 2 nitrogen and oxygen atoms in total. The van der Waals surface area contributed by atoms with Crippen LogP contribution < -0.4 is 0 Å². The second kappa shape index (κ2) is 4.35. The molecule has 2 rings (SSSR count). The van der Waals surface area contributed by atoms with Gasteiger partial charge in [0.25, 0.3) is 0 Å². The van der Waals surface area contributed by atoms with E-state index in [-0.39, 0.29) is 10.2 Å². The molecule has 0 saturated carbocycles. The summed E-state index contributed by atoms with van der Waals surface area (Å²) in [5.74, 6) is -1.55. The zero-order valence-electron chi connectivity index (χ0n) is 7.95. The summed E-state index contributed by atoms with van der Waals surface area (Å²) in [6, 6.07) is 5.30. The summed E-state index contributed by atoms with van der Waals surface area (Å²) in [7, 11) is 0. The largest absolute Gasteiger partial charge is 0.466 e. The minimum absolute atomic E-state index is 0.0921. The van der Waals surface area contributed by atoms with Gasteiger partial charge in [0.15, 0.2) is 0 Å². The average Bonchev–Trinajstić information content (AvgIpc) is 2.77. The number of benzene rings is 1. The van der Waals surface area contributed by atoms with E-state index in [1.165, 1.54) is 24.5 Å². The standard InChI is InChI=1S/C11H7BrF2O2/c12-6-3-4-7(13)9(10(6)14)11(15)8-2-1-5-16-8/h1-5,11,15H. The number of hydrogen-bond acceptors (Lipinski definition) is 2. The number of aliphatic hydroxyl groups excluding tert-OH is 1. The van der Waals surface area contributed by atoms with Crippen molar-refractivity contribution in [2.75, 3.05) is 0 Å². The van der Waals surface area contributed by atoms with Gasteiger partial charge in [0.05, 0.1) is 16.3 Å². The van der Waals surface area contributed by atoms with Crippen molar-refractivity contribution in [3.05, 3.63) is 58.0 Å². The molecule has 0 amide bonds. The molecule has 0 aliphatic heterocycles.